The largest absolute Gasteiger partial charge is 0.396 e. The fourth-order valence-electron chi connectivity index (χ4n) is 1.94. The minimum absolute atomic E-state index is 0.0380. The maximum absolute atomic E-state index is 11.9. The summed E-state index contributed by atoms with van der Waals surface area (Å²) >= 11 is 0. The predicted octanol–water partition coefficient (Wildman–Crippen LogP) is 0.569. The van der Waals surface area contributed by atoms with Crippen molar-refractivity contribution >= 4 is 11.6 Å². The predicted molar refractivity (Wildman–Crippen MR) is 56.4 cm³/mol. The van der Waals surface area contributed by atoms with Crippen molar-refractivity contribution in [3.05, 3.63) is 35.4 Å². The number of hydrogen-bond donors (Lipinski definition) is 2. The second-order valence-electron chi connectivity index (χ2n) is 3.93. The molecule has 84 valence electrons. The first-order chi connectivity index (χ1) is 7.59. The van der Waals surface area contributed by atoms with E-state index in [-0.39, 0.29) is 19.4 Å². The minimum atomic E-state index is -1.98. The Labute approximate surface area is 92.5 Å². The first-order valence-corrected chi connectivity index (χ1v) is 5.12. The molecule has 0 saturated carbocycles. The average Bonchev–Trinajstić information content (AvgIpc) is 2.33. The van der Waals surface area contributed by atoms with Gasteiger partial charge in [-0.15, -0.1) is 0 Å². The van der Waals surface area contributed by atoms with E-state index in [0.29, 0.717) is 11.1 Å². The maximum atomic E-state index is 11.9. The van der Waals surface area contributed by atoms with E-state index in [9.17, 15) is 14.7 Å². The van der Waals surface area contributed by atoms with Crippen LogP contribution < -0.4 is 0 Å². The number of carbonyl (C=O) groups excluding carboxylic acids is 2. The fraction of sp³-hybridized carbons (Fsp3) is 0.333. The van der Waals surface area contributed by atoms with Gasteiger partial charge < -0.3 is 10.2 Å². The maximum Gasteiger partial charge on any atom is 0.202 e. The molecule has 0 spiro atoms. The Morgan fingerprint density at radius 1 is 1.12 bits per heavy atom. The van der Waals surface area contributed by atoms with Crippen LogP contribution in [0.3, 0.4) is 0 Å². The van der Waals surface area contributed by atoms with Gasteiger partial charge in [-0.3, -0.25) is 9.59 Å². The summed E-state index contributed by atoms with van der Waals surface area (Å²) in [5.41, 5.74) is -1.29. The molecule has 4 nitrogen and oxygen atoms in total. The third kappa shape index (κ3) is 1.47. The zero-order valence-corrected chi connectivity index (χ0v) is 8.64. The molecule has 0 saturated heterocycles. The van der Waals surface area contributed by atoms with E-state index < -0.39 is 17.2 Å². The lowest BCUT2D eigenvalue weighted by Gasteiger charge is -2.28. The Morgan fingerprint density at radius 3 is 2.19 bits per heavy atom. The number of rotatable bonds is 3. The van der Waals surface area contributed by atoms with E-state index in [0.717, 1.165) is 0 Å². The van der Waals surface area contributed by atoms with Crippen molar-refractivity contribution in [3.8, 4) is 0 Å². The van der Waals surface area contributed by atoms with Crippen LogP contribution in [0.4, 0.5) is 0 Å². The van der Waals surface area contributed by atoms with Gasteiger partial charge in [0, 0.05) is 17.7 Å². The van der Waals surface area contributed by atoms with Gasteiger partial charge in [-0.2, -0.15) is 0 Å². The normalized spacial score (nSPS) is 17.6. The second kappa shape index (κ2) is 3.81. The highest BCUT2D eigenvalue weighted by Gasteiger charge is 2.46. The van der Waals surface area contributed by atoms with Gasteiger partial charge in [0.25, 0.3) is 0 Å². The summed E-state index contributed by atoms with van der Waals surface area (Å²) in [6, 6.07) is 6.24. The number of aliphatic hydroxyl groups is 2. The molecule has 1 aliphatic carbocycles. The topological polar surface area (TPSA) is 74.6 Å². The molecular weight excluding hydrogens is 208 g/mol. The van der Waals surface area contributed by atoms with Crippen molar-refractivity contribution in [3.63, 3.8) is 0 Å². The van der Waals surface area contributed by atoms with Crippen molar-refractivity contribution in [1.29, 1.82) is 0 Å². The summed E-state index contributed by atoms with van der Waals surface area (Å²) in [7, 11) is 0. The molecule has 4 heteroatoms. The number of ketones is 2. The standard InChI is InChI=1S/C12H12O4/c13-6-2-5-12(16)10(14)8-3-1-4-9(7-8)11(12)15/h1,3-4,7,13,16H,2,5-6H2. The van der Waals surface area contributed by atoms with E-state index in [2.05, 4.69) is 0 Å². The summed E-state index contributed by atoms with van der Waals surface area (Å²) < 4.78 is 0. The zero-order chi connectivity index (χ0) is 11.8. The molecule has 2 bridgehead atoms. The molecule has 0 aliphatic heterocycles. The van der Waals surface area contributed by atoms with Crippen LogP contribution >= 0.6 is 0 Å². The molecule has 0 heterocycles. The molecule has 2 N–H and O–H groups in total. The first kappa shape index (κ1) is 11.0. The van der Waals surface area contributed by atoms with Crippen LogP contribution in [-0.2, 0) is 0 Å². The third-order valence-electron chi connectivity index (χ3n) is 2.83. The molecule has 1 aromatic carbocycles. The summed E-state index contributed by atoms with van der Waals surface area (Å²) in [6.07, 6.45) is 0.182. The lowest BCUT2D eigenvalue weighted by atomic mass is 9.77. The van der Waals surface area contributed by atoms with Gasteiger partial charge in [-0.05, 0) is 18.9 Å². The SMILES string of the molecule is O=C1c2cccc(c2)C(=O)C1(O)CCCO. The Bertz CT molecular complexity index is 419. The number of hydrogen-bond acceptors (Lipinski definition) is 4. The van der Waals surface area contributed by atoms with Gasteiger partial charge >= 0.3 is 0 Å². The van der Waals surface area contributed by atoms with E-state index in [1.54, 1.807) is 18.2 Å². The summed E-state index contributed by atoms with van der Waals surface area (Å²) in [5.74, 6) is -1.14. The highest BCUT2D eigenvalue weighted by atomic mass is 16.3. The van der Waals surface area contributed by atoms with Crippen LogP contribution in [0.5, 0.6) is 0 Å². The van der Waals surface area contributed by atoms with Crippen LogP contribution in [0, 0.1) is 0 Å². The number of fused-ring (bicyclic) bond motifs is 2. The van der Waals surface area contributed by atoms with Crippen LogP contribution in [0.25, 0.3) is 0 Å². The van der Waals surface area contributed by atoms with E-state index in [1.165, 1.54) is 6.07 Å². The van der Waals surface area contributed by atoms with Gasteiger partial charge in [0.15, 0.2) is 5.60 Å². The lowest BCUT2D eigenvalue weighted by molar-refractivity contribution is 0.0229. The molecule has 0 atom stereocenters. The molecule has 1 aliphatic rings. The van der Waals surface area contributed by atoms with Gasteiger partial charge in [0.1, 0.15) is 0 Å². The Kier molecular flexibility index (Phi) is 2.61. The van der Waals surface area contributed by atoms with E-state index in [1.807, 2.05) is 0 Å². The van der Waals surface area contributed by atoms with Crippen molar-refractivity contribution in [2.45, 2.75) is 18.4 Å². The zero-order valence-electron chi connectivity index (χ0n) is 8.64. The molecule has 0 aromatic heterocycles. The van der Waals surface area contributed by atoms with Gasteiger partial charge in [-0.1, -0.05) is 18.2 Å². The highest BCUT2D eigenvalue weighted by molar-refractivity contribution is 6.25. The van der Waals surface area contributed by atoms with Crippen molar-refractivity contribution in [1.82, 2.24) is 0 Å². The van der Waals surface area contributed by atoms with E-state index >= 15 is 0 Å². The van der Waals surface area contributed by atoms with Crippen LogP contribution in [-0.4, -0.2) is 34.0 Å². The van der Waals surface area contributed by atoms with E-state index in [4.69, 9.17) is 5.11 Å². The summed E-state index contributed by atoms with van der Waals surface area (Å²) in [4.78, 5) is 23.7. The second-order valence-corrected chi connectivity index (χ2v) is 3.93. The number of aliphatic hydroxyl groups excluding tert-OH is 1. The fourth-order valence-corrected chi connectivity index (χ4v) is 1.94. The molecule has 1 aromatic rings. The monoisotopic (exact) mass is 220 g/mol. The Morgan fingerprint density at radius 2 is 1.69 bits per heavy atom. The van der Waals surface area contributed by atoms with Crippen LogP contribution in [0.15, 0.2) is 24.3 Å². The molecule has 0 unspecified atom stereocenters. The third-order valence-corrected chi connectivity index (χ3v) is 2.83. The molecule has 0 fully saturated rings. The van der Waals surface area contributed by atoms with Gasteiger partial charge in [-0.25, -0.2) is 0 Å². The van der Waals surface area contributed by atoms with Gasteiger partial charge in [0.2, 0.25) is 11.6 Å². The highest BCUT2D eigenvalue weighted by Crippen LogP contribution is 2.29. The smallest absolute Gasteiger partial charge is 0.202 e. The van der Waals surface area contributed by atoms with Gasteiger partial charge in [0.05, 0.1) is 0 Å². The van der Waals surface area contributed by atoms with Crippen LogP contribution in [0.1, 0.15) is 33.6 Å². The van der Waals surface area contributed by atoms with Crippen LogP contribution in [0.2, 0.25) is 0 Å². The first-order valence-electron chi connectivity index (χ1n) is 5.12. The molecule has 0 radical (unpaired) electrons. The van der Waals surface area contributed by atoms with Crippen molar-refractivity contribution in [2.24, 2.45) is 0 Å². The lowest BCUT2D eigenvalue weighted by Crippen LogP contribution is -2.49. The Balaban J connectivity index is 2.43. The molecule has 0 amide bonds. The average molecular weight is 220 g/mol. The Hall–Kier alpha value is -1.52. The molecule has 2 rings (SSSR count). The van der Waals surface area contributed by atoms with Crippen molar-refractivity contribution < 1.29 is 19.8 Å². The summed E-state index contributed by atoms with van der Waals surface area (Å²) in [6.45, 7) is -0.156. The molecule has 16 heavy (non-hydrogen) atoms. The quantitative estimate of drug-likeness (QED) is 0.730. The number of carbonyl (C=O) groups is 2. The summed E-state index contributed by atoms with van der Waals surface area (Å²) in [5, 5.41) is 18.8. The minimum Gasteiger partial charge on any atom is -0.396 e. The number of Topliss-reactive ketones (excluding diaryl/α,β-unsaturated/α-hetero) is 2. The van der Waals surface area contributed by atoms with Crippen molar-refractivity contribution in [2.75, 3.05) is 6.61 Å². The number of benzene rings is 1. The molecular formula is C12H12O4.